The van der Waals surface area contributed by atoms with E-state index >= 15 is 0 Å². The van der Waals surface area contributed by atoms with E-state index in [1.165, 1.54) is 0 Å². The van der Waals surface area contributed by atoms with Gasteiger partial charge in [0.2, 0.25) is 10.0 Å². The zero-order valence-corrected chi connectivity index (χ0v) is 13.9. The first-order chi connectivity index (χ1) is 10.4. The first-order valence-electron chi connectivity index (χ1n) is 7.08. The quantitative estimate of drug-likeness (QED) is 0.890. The topological polar surface area (TPSA) is 55.4 Å². The van der Waals surface area contributed by atoms with Crippen molar-refractivity contribution in [3.63, 3.8) is 0 Å². The van der Waals surface area contributed by atoms with Crippen molar-refractivity contribution >= 4 is 10.0 Å². The summed E-state index contributed by atoms with van der Waals surface area (Å²) >= 11 is 0. The van der Waals surface area contributed by atoms with Gasteiger partial charge in [0.15, 0.2) is 0 Å². The van der Waals surface area contributed by atoms with Gasteiger partial charge in [-0.1, -0.05) is 47.5 Å². The first-order valence-corrected chi connectivity index (χ1v) is 8.56. The van der Waals surface area contributed by atoms with Gasteiger partial charge in [-0.05, 0) is 31.5 Å². The van der Waals surface area contributed by atoms with Crippen LogP contribution in [0.2, 0.25) is 0 Å². The predicted molar refractivity (Wildman–Crippen MR) is 87.3 cm³/mol. The Hall–Kier alpha value is -1.69. The summed E-state index contributed by atoms with van der Waals surface area (Å²) in [6, 6.07) is 14.6. The number of rotatable bonds is 6. The lowest BCUT2D eigenvalue weighted by atomic mass is 10.1. The van der Waals surface area contributed by atoms with E-state index in [1.807, 2.05) is 38.1 Å². The van der Waals surface area contributed by atoms with Crippen molar-refractivity contribution in [3.05, 3.63) is 65.2 Å². The molecule has 1 atom stereocenters. The summed E-state index contributed by atoms with van der Waals surface area (Å²) in [7, 11) is -1.95. The molecule has 0 radical (unpaired) electrons. The highest BCUT2D eigenvalue weighted by Gasteiger charge is 2.17. The smallest absolute Gasteiger partial charge is 0.240 e. The SMILES string of the molecule is COC(CNS(=O)(=O)c1ccc(C)cc1)c1ccc(C)cc1. The van der Waals surface area contributed by atoms with Crippen molar-refractivity contribution < 1.29 is 13.2 Å². The van der Waals surface area contributed by atoms with E-state index in [1.54, 1.807) is 31.4 Å². The van der Waals surface area contributed by atoms with Gasteiger partial charge in [0.1, 0.15) is 0 Å². The van der Waals surface area contributed by atoms with Gasteiger partial charge in [-0.3, -0.25) is 0 Å². The third-order valence-corrected chi connectivity index (χ3v) is 4.96. The molecule has 0 aliphatic heterocycles. The lowest BCUT2D eigenvalue weighted by Crippen LogP contribution is -2.29. The van der Waals surface area contributed by atoms with Gasteiger partial charge < -0.3 is 4.74 Å². The fraction of sp³-hybridized carbons (Fsp3) is 0.294. The number of sulfonamides is 1. The predicted octanol–water partition coefficient (Wildman–Crippen LogP) is 2.97. The summed E-state index contributed by atoms with van der Waals surface area (Å²) < 4.78 is 32.6. The number of hydrogen-bond acceptors (Lipinski definition) is 3. The summed E-state index contributed by atoms with van der Waals surface area (Å²) in [5.74, 6) is 0. The Bertz CT molecular complexity index is 707. The molecule has 1 N–H and O–H groups in total. The lowest BCUT2D eigenvalue weighted by Gasteiger charge is -2.17. The number of benzene rings is 2. The molecule has 1 unspecified atom stereocenters. The van der Waals surface area contributed by atoms with Crippen LogP contribution in [-0.2, 0) is 14.8 Å². The molecular formula is C17H21NO3S. The van der Waals surface area contributed by atoms with Crippen molar-refractivity contribution in [1.82, 2.24) is 4.72 Å². The summed E-state index contributed by atoms with van der Waals surface area (Å²) in [4.78, 5) is 0.261. The number of ether oxygens (including phenoxy) is 1. The molecule has 0 bridgehead atoms. The molecule has 2 rings (SSSR count). The normalized spacial score (nSPS) is 13.0. The number of methoxy groups -OCH3 is 1. The van der Waals surface area contributed by atoms with Crippen LogP contribution in [0, 0.1) is 13.8 Å². The number of aryl methyl sites for hydroxylation is 2. The molecule has 22 heavy (non-hydrogen) atoms. The molecule has 0 amide bonds. The maximum Gasteiger partial charge on any atom is 0.240 e. The highest BCUT2D eigenvalue weighted by molar-refractivity contribution is 7.89. The van der Waals surface area contributed by atoms with Gasteiger partial charge in [0.05, 0.1) is 11.0 Å². The molecule has 0 aromatic heterocycles. The molecule has 0 aliphatic rings. The van der Waals surface area contributed by atoms with Crippen molar-refractivity contribution in [3.8, 4) is 0 Å². The Morgan fingerprint density at radius 2 is 1.45 bits per heavy atom. The van der Waals surface area contributed by atoms with Crippen LogP contribution in [0.25, 0.3) is 0 Å². The maximum absolute atomic E-state index is 12.3. The maximum atomic E-state index is 12.3. The third-order valence-electron chi connectivity index (χ3n) is 3.52. The highest BCUT2D eigenvalue weighted by Crippen LogP contribution is 2.18. The molecule has 2 aromatic rings. The van der Waals surface area contributed by atoms with Crippen molar-refractivity contribution in [2.75, 3.05) is 13.7 Å². The van der Waals surface area contributed by atoms with Crippen LogP contribution >= 0.6 is 0 Å². The van der Waals surface area contributed by atoms with Crippen LogP contribution in [0.1, 0.15) is 22.8 Å². The Kier molecular flexibility index (Phi) is 5.34. The summed E-state index contributed by atoms with van der Waals surface area (Å²) in [5.41, 5.74) is 3.12. The molecule has 0 spiro atoms. The Morgan fingerprint density at radius 1 is 0.955 bits per heavy atom. The van der Waals surface area contributed by atoms with E-state index in [0.717, 1.165) is 16.7 Å². The minimum absolute atomic E-state index is 0.190. The lowest BCUT2D eigenvalue weighted by molar-refractivity contribution is 0.107. The average molecular weight is 319 g/mol. The van der Waals surface area contributed by atoms with Gasteiger partial charge in [0, 0.05) is 13.7 Å². The van der Waals surface area contributed by atoms with Crippen LogP contribution < -0.4 is 4.72 Å². The minimum Gasteiger partial charge on any atom is -0.375 e. The molecule has 2 aromatic carbocycles. The molecule has 4 nitrogen and oxygen atoms in total. The van der Waals surface area contributed by atoms with E-state index in [-0.39, 0.29) is 17.5 Å². The summed E-state index contributed by atoms with van der Waals surface area (Å²) in [6.07, 6.45) is -0.319. The number of hydrogen-bond donors (Lipinski definition) is 1. The van der Waals surface area contributed by atoms with Crippen molar-refractivity contribution in [2.45, 2.75) is 24.8 Å². The van der Waals surface area contributed by atoms with Crippen LogP contribution in [0.5, 0.6) is 0 Å². The van der Waals surface area contributed by atoms with E-state index in [0.29, 0.717) is 0 Å². The second kappa shape index (κ2) is 7.05. The number of nitrogens with one attached hydrogen (secondary N) is 1. The molecule has 0 saturated carbocycles. The van der Waals surface area contributed by atoms with Crippen LogP contribution in [0.3, 0.4) is 0 Å². The van der Waals surface area contributed by atoms with Gasteiger partial charge in [0.25, 0.3) is 0 Å². The zero-order valence-electron chi connectivity index (χ0n) is 13.0. The van der Waals surface area contributed by atoms with Crippen LogP contribution in [-0.4, -0.2) is 22.1 Å². The first kappa shape index (κ1) is 16.7. The Morgan fingerprint density at radius 3 is 1.95 bits per heavy atom. The minimum atomic E-state index is -3.53. The molecular weight excluding hydrogens is 298 g/mol. The fourth-order valence-electron chi connectivity index (χ4n) is 2.10. The second-order valence-corrected chi connectivity index (χ2v) is 7.07. The molecule has 0 heterocycles. The van der Waals surface area contributed by atoms with Crippen LogP contribution in [0.4, 0.5) is 0 Å². The third kappa shape index (κ3) is 4.16. The Labute approximate surface area is 132 Å². The van der Waals surface area contributed by atoms with Crippen molar-refractivity contribution in [2.24, 2.45) is 0 Å². The summed E-state index contributed by atoms with van der Waals surface area (Å²) in [6.45, 7) is 4.11. The monoisotopic (exact) mass is 319 g/mol. The van der Waals surface area contributed by atoms with E-state index < -0.39 is 10.0 Å². The average Bonchev–Trinajstić information content (AvgIpc) is 2.50. The van der Waals surface area contributed by atoms with Crippen LogP contribution in [0.15, 0.2) is 53.4 Å². The fourth-order valence-corrected chi connectivity index (χ4v) is 3.14. The molecule has 5 heteroatoms. The van der Waals surface area contributed by atoms with Gasteiger partial charge in [-0.2, -0.15) is 0 Å². The van der Waals surface area contributed by atoms with E-state index in [2.05, 4.69) is 4.72 Å². The summed E-state index contributed by atoms with van der Waals surface area (Å²) in [5, 5.41) is 0. The molecule has 0 saturated heterocycles. The largest absolute Gasteiger partial charge is 0.375 e. The van der Waals surface area contributed by atoms with E-state index in [9.17, 15) is 8.42 Å². The van der Waals surface area contributed by atoms with Gasteiger partial charge in [-0.25, -0.2) is 13.1 Å². The molecule has 0 aliphatic carbocycles. The Balaban J connectivity index is 2.09. The zero-order chi connectivity index (χ0) is 16.2. The van der Waals surface area contributed by atoms with Crippen molar-refractivity contribution in [1.29, 1.82) is 0 Å². The highest BCUT2D eigenvalue weighted by atomic mass is 32.2. The molecule has 0 fully saturated rings. The standard InChI is InChI=1S/C17H21NO3S/c1-13-4-8-15(9-5-13)17(21-3)12-18-22(19,20)16-10-6-14(2)7-11-16/h4-11,17-18H,12H2,1-3H3. The van der Waals surface area contributed by atoms with E-state index in [4.69, 9.17) is 4.74 Å². The van der Waals surface area contributed by atoms with Gasteiger partial charge >= 0.3 is 0 Å². The molecule has 118 valence electrons. The van der Waals surface area contributed by atoms with Gasteiger partial charge in [-0.15, -0.1) is 0 Å². The second-order valence-electron chi connectivity index (χ2n) is 5.30.